The summed E-state index contributed by atoms with van der Waals surface area (Å²) in [5.74, 6) is -0.551. The number of aromatic amines is 2. The molecule has 1 aliphatic carbocycles. The Balaban J connectivity index is 2.01. The summed E-state index contributed by atoms with van der Waals surface area (Å²) < 4.78 is 0.0240. The minimum Gasteiger partial charge on any atom is -0.494 e. The molecule has 1 heterocycles. The van der Waals surface area contributed by atoms with E-state index in [0.29, 0.717) is 0 Å². The quantitative estimate of drug-likeness (QED) is 0.381. The second kappa shape index (κ2) is 6.47. The monoisotopic (exact) mass is 296 g/mol. The van der Waals surface area contributed by atoms with Gasteiger partial charge in [0, 0.05) is 5.92 Å². The number of nitrogens with zero attached hydrogens (tertiary/aromatic N) is 1. The van der Waals surface area contributed by atoms with E-state index in [1.54, 1.807) is 0 Å². The highest BCUT2D eigenvalue weighted by Crippen LogP contribution is 2.23. The molecule has 1 fully saturated rings. The lowest BCUT2D eigenvalue weighted by atomic mass is 9.89. The first-order valence-corrected chi connectivity index (χ1v) is 6.87. The SMILES string of the molecule is O=C(N/N=C/c1c(O)[nH]c(=S)[nH]c1=O)C1CCCCC1. The number of H-pyrrole nitrogens is 2. The molecule has 1 saturated carbocycles. The number of aromatic nitrogens is 2. The van der Waals surface area contributed by atoms with Crippen LogP contribution < -0.4 is 11.0 Å². The van der Waals surface area contributed by atoms with E-state index in [2.05, 4.69) is 20.5 Å². The molecule has 8 heteroatoms. The summed E-state index contributed by atoms with van der Waals surface area (Å²) in [7, 11) is 0. The zero-order valence-electron chi connectivity index (χ0n) is 10.8. The molecule has 1 amide bonds. The lowest BCUT2D eigenvalue weighted by Gasteiger charge is -2.19. The molecule has 1 aromatic rings. The topological polar surface area (TPSA) is 110 Å². The van der Waals surface area contributed by atoms with Gasteiger partial charge in [-0.15, -0.1) is 0 Å². The molecule has 0 aromatic carbocycles. The predicted molar refractivity (Wildman–Crippen MR) is 76.2 cm³/mol. The summed E-state index contributed by atoms with van der Waals surface area (Å²) >= 11 is 4.70. The van der Waals surface area contributed by atoms with Crippen LogP contribution in [0.5, 0.6) is 5.88 Å². The largest absolute Gasteiger partial charge is 0.494 e. The lowest BCUT2D eigenvalue weighted by Crippen LogP contribution is -2.28. The van der Waals surface area contributed by atoms with Crippen LogP contribution in [0.2, 0.25) is 0 Å². The van der Waals surface area contributed by atoms with E-state index < -0.39 is 5.56 Å². The van der Waals surface area contributed by atoms with Gasteiger partial charge in [-0.3, -0.25) is 14.6 Å². The molecule has 7 nitrogen and oxygen atoms in total. The molecular formula is C12H16N4O3S. The molecule has 0 spiro atoms. The second-order valence-corrected chi connectivity index (χ2v) is 5.15. The van der Waals surface area contributed by atoms with Crippen molar-refractivity contribution in [1.82, 2.24) is 15.4 Å². The summed E-state index contributed by atoms with van der Waals surface area (Å²) in [5, 5.41) is 13.2. The highest BCUT2D eigenvalue weighted by Gasteiger charge is 2.20. The van der Waals surface area contributed by atoms with Gasteiger partial charge in [-0.2, -0.15) is 5.10 Å². The summed E-state index contributed by atoms with van der Waals surface area (Å²) in [4.78, 5) is 28.1. The molecule has 0 unspecified atom stereocenters. The first-order valence-electron chi connectivity index (χ1n) is 6.46. The van der Waals surface area contributed by atoms with Crippen LogP contribution in [-0.4, -0.2) is 27.2 Å². The van der Waals surface area contributed by atoms with E-state index in [1.165, 1.54) is 6.42 Å². The molecule has 4 N–H and O–H groups in total. The average molecular weight is 296 g/mol. The maximum Gasteiger partial charge on any atom is 0.264 e. The third-order valence-electron chi connectivity index (χ3n) is 3.30. The van der Waals surface area contributed by atoms with Crippen molar-refractivity contribution in [2.45, 2.75) is 32.1 Å². The Labute approximate surface area is 120 Å². The van der Waals surface area contributed by atoms with Crippen LogP contribution in [0, 0.1) is 10.7 Å². The Morgan fingerprint density at radius 2 is 2.05 bits per heavy atom. The van der Waals surface area contributed by atoms with Gasteiger partial charge in [0.25, 0.3) is 5.56 Å². The summed E-state index contributed by atoms with van der Waals surface area (Å²) in [6.07, 6.45) is 6.10. The van der Waals surface area contributed by atoms with Gasteiger partial charge in [-0.25, -0.2) is 5.43 Å². The Kier molecular flexibility index (Phi) is 4.67. The van der Waals surface area contributed by atoms with Crippen molar-refractivity contribution in [3.05, 3.63) is 20.7 Å². The highest BCUT2D eigenvalue weighted by molar-refractivity contribution is 7.71. The van der Waals surface area contributed by atoms with E-state index in [4.69, 9.17) is 12.2 Å². The third kappa shape index (κ3) is 3.53. The van der Waals surface area contributed by atoms with Crippen LogP contribution in [0.15, 0.2) is 9.90 Å². The van der Waals surface area contributed by atoms with Crippen LogP contribution in [0.1, 0.15) is 37.7 Å². The number of carbonyl (C=O) groups excluding carboxylic acids is 1. The molecule has 2 rings (SSSR count). The normalized spacial score (nSPS) is 16.4. The lowest BCUT2D eigenvalue weighted by molar-refractivity contribution is -0.125. The standard InChI is InChI=1S/C12H16N4O3S/c17-9(7-4-2-1-3-5-7)16-13-6-8-10(18)14-12(20)15-11(8)19/h6-7H,1-5H2,(H,16,17)(H3,14,15,18,19,20)/b13-6+. The molecule has 108 valence electrons. The average Bonchev–Trinajstić information content (AvgIpc) is 2.42. The van der Waals surface area contributed by atoms with Crippen molar-refractivity contribution in [1.29, 1.82) is 0 Å². The Morgan fingerprint density at radius 1 is 1.35 bits per heavy atom. The number of carbonyl (C=O) groups is 1. The summed E-state index contributed by atoms with van der Waals surface area (Å²) in [6.45, 7) is 0. The van der Waals surface area contributed by atoms with Gasteiger partial charge in [-0.1, -0.05) is 19.3 Å². The van der Waals surface area contributed by atoms with Gasteiger partial charge < -0.3 is 10.1 Å². The summed E-state index contributed by atoms with van der Waals surface area (Å²) in [5.41, 5.74) is 1.75. The molecular weight excluding hydrogens is 280 g/mol. The van der Waals surface area contributed by atoms with Crippen molar-refractivity contribution in [2.75, 3.05) is 0 Å². The zero-order chi connectivity index (χ0) is 14.5. The van der Waals surface area contributed by atoms with Crippen molar-refractivity contribution >= 4 is 24.3 Å². The van der Waals surface area contributed by atoms with Crippen molar-refractivity contribution in [2.24, 2.45) is 11.0 Å². The van der Waals surface area contributed by atoms with E-state index >= 15 is 0 Å². The fourth-order valence-electron chi connectivity index (χ4n) is 2.22. The predicted octanol–water partition coefficient (Wildman–Crippen LogP) is 1.17. The van der Waals surface area contributed by atoms with Gasteiger partial charge in [0.15, 0.2) is 4.77 Å². The molecule has 0 saturated heterocycles. The van der Waals surface area contributed by atoms with E-state index in [-0.39, 0.29) is 28.0 Å². The number of rotatable bonds is 3. The van der Waals surface area contributed by atoms with Gasteiger partial charge in [0.1, 0.15) is 5.56 Å². The zero-order valence-corrected chi connectivity index (χ0v) is 11.6. The van der Waals surface area contributed by atoms with Gasteiger partial charge >= 0.3 is 0 Å². The maximum absolute atomic E-state index is 11.8. The van der Waals surface area contributed by atoms with Crippen molar-refractivity contribution < 1.29 is 9.90 Å². The van der Waals surface area contributed by atoms with Crippen molar-refractivity contribution in [3.8, 4) is 5.88 Å². The minimum atomic E-state index is -0.568. The first-order chi connectivity index (χ1) is 9.58. The van der Waals surface area contributed by atoms with Crippen LogP contribution in [-0.2, 0) is 4.79 Å². The number of nitrogens with one attached hydrogen (secondary N) is 3. The minimum absolute atomic E-state index is 0.0191. The number of hydrogen-bond acceptors (Lipinski definition) is 5. The number of amides is 1. The van der Waals surface area contributed by atoms with E-state index in [0.717, 1.165) is 31.9 Å². The highest BCUT2D eigenvalue weighted by atomic mass is 32.1. The van der Waals surface area contributed by atoms with Crippen LogP contribution in [0.3, 0.4) is 0 Å². The fourth-order valence-corrected chi connectivity index (χ4v) is 2.41. The van der Waals surface area contributed by atoms with E-state index in [1.807, 2.05) is 0 Å². The molecule has 0 atom stereocenters. The molecule has 1 aromatic heterocycles. The Hall–Kier alpha value is -1.96. The molecule has 1 aliphatic rings. The van der Waals surface area contributed by atoms with Gasteiger partial charge in [0.05, 0.1) is 6.21 Å². The van der Waals surface area contributed by atoms with Gasteiger partial charge in [0.2, 0.25) is 11.8 Å². The van der Waals surface area contributed by atoms with Crippen LogP contribution in [0.4, 0.5) is 0 Å². The van der Waals surface area contributed by atoms with Crippen molar-refractivity contribution in [3.63, 3.8) is 0 Å². The smallest absolute Gasteiger partial charge is 0.264 e. The molecule has 0 aliphatic heterocycles. The first kappa shape index (κ1) is 14.4. The number of hydrogen-bond donors (Lipinski definition) is 4. The summed E-state index contributed by atoms with van der Waals surface area (Å²) in [6, 6.07) is 0. The van der Waals surface area contributed by atoms with E-state index in [9.17, 15) is 14.7 Å². The second-order valence-electron chi connectivity index (χ2n) is 4.74. The molecule has 20 heavy (non-hydrogen) atoms. The van der Waals surface area contributed by atoms with Crippen LogP contribution in [0.25, 0.3) is 0 Å². The molecule has 0 radical (unpaired) electrons. The third-order valence-corrected chi connectivity index (χ3v) is 3.51. The fraction of sp³-hybridized carbons (Fsp3) is 0.500. The van der Waals surface area contributed by atoms with Crippen LogP contribution >= 0.6 is 12.2 Å². The Bertz CT molecular complexity index is 628. The Morgan fingerprint density at radius 3 is 2.70 bits per heavy atom. The van der Waals surface area contributed by atoms with Gasteiger partial charge in [-0.05, 0) is 25.1 Å². The number of aromatic hydroxyl groups is 1. The number of hydrazone groups is 1. The maximum atomic E-state index is 11.8. The molecule has 0 bridgehead atoms.